The molecule has 0 saturated carbocycles. The quantitative estimate of drug-likeness (QED) is 0.676. The molecule has 4 rings (SSSR count). The van der Waals surface area contributed by atoms with Crippen molar-refractivity contribution in [2.45, 2.75) is 20.3 Å². The number of anilines is 1. The number of hydrogen-bond donors (Lipinski definition) is 1. The Labute approximate surface area is 172 Å². The number of rotatable bonds is 6. The van der Waals surface area contributed by atoms with E-state index in [0.29, 0.717) is 17.8 Å². The first kappa shape index (κ1) is 19.2. The van der Waals surface area contributed by atoms with Crippen LogP contribution in [0.3, 0.4) is 0 Å². The fraction of sp³-hybridized carbons (Fsp3) is 0.348. The Morgan fingerprint density at radius 1 is 1.28 bits per heavy atom. The highest BCUT2D eigenvalue weighted by molar-refractivity contribution is 5.84. The average Bonchev–Trinajstić information content (AvgIpc) is 3.14. The van der Waals surface area contributed by atoms with Crippen molar-refractivity contribution in [3.63, 3.8) is 0 Å². The first-order chi connectivity index (χ1) is 14.0. The summed E-state index contributed by atoms with van der Waals surface area (Å²) in [5, 5.41) is 8.58. The van der Waals surface area contributed by atoms with Crippen molar-refractivity contribution in [3.05, 3.63) is 61.3 Å². The van der Waals surface area contributed by atoms with Gasteiger partial charge in [-0.3, -0.25) is 4.68 Å². The summed E-state index contributed by atoms with van der Waals surface area (Å²) in [6.45, 7) is 10.9. The molecular weight excluding hydrogens is 360 g/mol. The van der Waals surface area contributed by atoms with E-state index in [-0.39, 0.29) is 0 Å². The van der Waals surface area contributed by atoms with Gasteiger partial charge in [-0.05, 0) is 30.2 Å². The Morgan fingerprint density at radius 2 is 2.14 bits per heavy atom. The molecule has 0 aliphatic carbocycles. The zero-order chi connectivity index (χ0) is 20.4. The fourth-order valence-electron chi connectivity index (χ4n) is 3.68. The van der Waals surface area contributed by atoms with Crippen LogP contribution in [0.5, 0.6) is 0 Å². The summed E-state index contributed by atoms with van der Waals surface area (Å²) in [7, 11) is 1.92. The van der Waals surface area contributed by atoms with Crippen LogP contribution in [0.1, 0.15) is 20.3 Å². The molecule has 1 aliphatic rings. The zero-order valence-corrected chi connectivity index (χ0v) is 17.3. The Bertz CT molecular complexity index is 1050. The van der Waals surface area contributed by atoms with E-state index in [1.807, 2.05) is 31.7 Å². The molecule has 1 atom stereocenters. The van der Waals surface area contributed by atoms with E-state index in [9.17, 15) is 0 Å². The predicted molar refractivity (Wildman–Crippen MR) is 118 cm³/mol. The SMILES string of the molecule is C=C(Nc1ncc2ccc(-c3cnn(C)c3)cc2n1)C1C=CN(CC(C)C)CC1. The minimum atomic E-state index is 0.291. The second kappa shape index (κ2) is 8.07. The van der Waals surface area contributed by atoms with Crippen molar-refractivity contribution in [1.82, 2.24) is 24.6 Å². The molecule has 150 valence electrons. The fourth-order valence-corrected chi connectivity index (χ4v) is 3.68. The Morgan fingerprint density at radius 3 is 2.83 bits per heavy atom. The van der Waals surface area contributed by atoms with Gasteiger partial charge in [0.25, 0.3) is 0 Å². The summed E-state index contributed by atoms with van der Waals surface area (Å²) < 4.78 is 1.80. The third-order valence-electron chi connectivity index (χ3n) is 5.20. The first-order valence-electron chi connectivity index (χ1n) is 10.1. The van der Waals surface area contributed by atoms with Gasteiger partial charge in [0.15, 0.2) is 0 Å². The molecule has 3 aromatic rings. The summed E-state index contributed by atoms with van der Waals surface area (Å²) in [4.78, 5) is 11.6. The second-order valence-electron chi connectivity index (χ2n) is 8.15. The van der Waals surface area contributed by atoms with Crippen molar-refractivity contribution in [3.8, 4) is 11.1 Å². The number of nitrogens with one attached hydrogen (secondary N) is 1. The van der Waals surface area contributed by atoms with Gasteiger partial charge in [0.1, 0.15) is 0 Å². The molecule has 1 unspecified atom stereocenters. The average molecular weight is 389 g/mol. The number of aryl methyl sites for hydroxylation is 1. The van der Waals surface area contributed by atoms with E-state index in [4.69, 9.17) is 4.98 Å². The number of nitrogens with zero attached hydrogens (tertiary/aromatic N) is 5. The number of allylic oxidation sites excluding steroid dienone is 1. The maximum absolute atomic E-state index is 4.71. The van der Waals surface area contributed by atoms with Gasteiger partial charge in [0, 0.05) is 55.1 Å². The maximum Gasteiger partial charge on any atom is 0.227 e. The van der Waals surface area contributed by atoms with Crippen molar-refractivity contribution in [2.75, 3.05) is 18.4 Å². The van der Waals surface area contributed by atoms with Crippen LogP contribution < -0.4 is 5.32 Å². The number of aromatic nitrogens is 4. The van der Waals surface area contributed by atoms with Crippen molar-refractivity contribution in [1.29, 1.82) is 0 Å². The molecular formula is C23H28N6. The van der Waals surface area contributed by atoms with Gasteiger partial charge >= 0.3 is 0 Å². The maximum atomic E-state index is 4.71. The minimum absolute atomic E-state index is 0.291. The highest BCUT2D eigenvalue weighted by Gasteiger charge is 2.17. The molecule has 6 nitrogen and oxygen atoms in total. The van der Waals surface area contributed by atoms with Crippen LogP contribution in [0, 0.1) is 11.8 Å². The topological polar surface area (TPSA) is 58.9 Å². The summed E-state index contributed by atoms with van der Waals surface area (Å²) in [6.07, 6.45) is 11.2. The van der Waals surface area contributed by atoms with Crippen molar-refractivity contribution < 1.29 is 0 Å². The largest absolute Gasteiger partial charge is 0.377 e. The lowest BCUT2D eigenvalue weighted by atomic mass is 9.98. The van der Waals surface area contributed by atoms with Gasteiger partial charge < -0.3 is 10.2 Å². The highest BCUT2D eigenvalue weighted by Crippen LogP contribution is 2.25. The van der Waals surface area contributed by atoms with Crippen LogP contribution in [0.2, 0.25) is 0 Å². The van der Waals surface area contributed by atoms with Crippen LogP contribution in [0.25, 0.3) is 22.0 Å². The molecule has 0 spiro atoms. The Kier molecular flexibility index (Phi) is 5.34. The summed E-state index contributed by atoms with van der Waals surface area (Å²) >= 11 is 0. The highest BCUT2D eigenvalue weighted by atomic mass is 15.2. The van der Waals surface area contributed by atoms with E-state index < -0.39 is 0 Å². The molecule has 0 amide bonds. The van der Waals surface area contributed by atoms with Gasteiger partial charge in [-0.1, -0.05) is 38.6 Å². The van der Waals surface area contributed by atoms with Crippen LogP contribution in [0.15, 0.2) is 61.3 Å². The molecule has 0 saturated heterocycles. The van der Waals surface area contributed by atoms with Crippen LogP contribution in [-0.4, -0.2) is 37.7 Å². The molecule has 1 aromatic carbocycles. The van der Waals surface area contributed by atoms with E-state index in [1.54, 1.807) is 4.68 Å². The number of benzene rings is 1. The molecule has 2 aromatic heterocycles. The zero-order valence-electron chi connectivity index (χ0n) is 17.3. The lowest BCUT2D eigenvalue weighted by molar-refractivity contribution is 0.300. The molecule has 0 bridgehead atoms. The monoisotopic (exact) mass is 388 g/mol. The predicted octanol–water partition coefficient (Wildman–Crippen LogP) is 4.45. The molecule has 3 heterocycles. The lowest BCUT2D eigenvalue weighted by Gasteiger charge is -2.30. The van der Waals surface area contributed by atoms with Crippen LogP contribution in [0.4, 0.5) is 5.95 Å². The second-order valence-corrected chi connectivity index (χ2v) is 8.15. The number of hydrogen-bond acceptors (Lipinski definition) is 5. The van der Waals surface area contributed by atoms with Gasteiger partial charge in [-0.2, -0.15) is 5.10 Å². The van der Waals surface area contributed by atoms with E-state index in [2.05, 4.69) is 65.1 Å². The van der Waals surface area contributed by atoms with Gasteiger partial charge in [0.2, 0.25) is 5.95 Å². The molecule has 1 aliphatic heterocycles. The standard InChI is InChI=1S/C23H28N6/c1-16(2)14-29-9-7-18(8-10-29)17(3)26-23-24-12-20-6-5-19(11-22(20)27-23)21-13-25-28(4)15-21/h5-7,9,11-13,15-16,18H,3,8,10,14H2,1-2,4H3,(H,24,26,27). The number of fused-ring (bicyclic) bond motifs is 1. The third kappa shape index (κ3) is 4.47. The Hall–Kier alpha value is -3.15. The Balaban J connectivity index is 1.48. The van der Waals surface area contributed by atoms with Gasteiger partial charge in [0.05, 0.1) is 11.7 Å². The van der Waals surface area contributed by atoms with E-state index in [0.717, 1.165) is 47.2 Å². The van der Waals surface area contributed by atoms with E-state index in [1.165, 1.54) is 0 Å². The molecule has 29 heavy (non-hydrogen) atoms. The molecule has 6 heteroatoms. The first-order valence-corrected chi connectivity index (χ1v) is 10.1. The van der Waals surface area contributed by atoms with E-state index >= 15 is 0 Å². The molecule has 1 N–H and O–H groups in total. The van der Waals surface area contributed by atoms with Gasteiger partial charge in [-0.15, -0.1) is 0 Å². The van der Waals surface area contributed by atoms with Crippen molar-refractivity contribution in [2.24, 2.45) is 18.9 Å². The normalized spacial score (nSPS) is 16.6. The van der Waals surface area contributed by atoms with Gasteiger partial charge in [-0.25, -0.2) is 9.97 Å². The summed E-state index contributed by atoms with van der Waals surface area (Å²) in [5.41, 5.74) is 4.01. The molecule has 0 radical (unpaired) electrons. The third-order valence-corrected chi connectivity index (χ3v) is 5.20. The smallest absolute Gasteiger partial charge is 0.227 e. The van der Waals surface area contributed by atoms with Crippen LogP contribution >= 0.6 is 0 Å². The molecule has 0 fully saturated rings. The minimum Gasteiger partial charge on any atom is -0.377 e. The lowest BCUT2D eigenvalue weighted by Crippen LogP contribution is -2.29. The van der Waals surface area contributed by atoms with Crippen molar-refractivity contribution >= 4 is 16.9 Å². The van der Waals surface area contributed by atoms with Crippen LogP contribution in [-0.2, 0) is 7.05 Å². The summed E-state index contributed by atoms with van der Waals surface area (Å²) in [6, 6.07) is 6.19. The summed E-state index contributed by atoms with van der Waals surface area (Å²) in [5.74, 6) is 1.54.